The van der Waals surface area contributed by atoms with Crippen LogP contribution in [0.2, 0.25) is 0 Å². The number of benzene rings is 2. The lowest BCUT2D eigenvalue weighted by molar-refractivity contribution is -0.384. The maximum Gasteiger partial charge on any atom is 0.269 e. The molecule has 2 aromatic rings. The molecular formula is C16H17N3O4. The highest BCUT2D eigenvalue weighted by atomic mass is 16.6. The van der Waals surface area contributed by atoms with Crippen LogP contribution in [-0.4, -0.2) is 36.4 Å². The summed E-state index contributed by atoms with van der Waals surface area (Å²) in [4.78, 5) is 23.6. The molecule has 7 nitrogen and oxygen atoms in total. The second kappa shape index (κ2) is 7.37. The van der Waals surface area contributed by atoms with Crippen molar-refractivity contribution in [2.75, 3.05) is 26.0 Å². The monoisotopic (exact) mass is 315 g/mol. The molecule has 1 N–H and O–H groups in total. The minimum Gasteiger partial charge on any atom is -0.457 e. The lowest BCUT2D eigenvalue weighted by Gasteiger charge is -2.11. The Balaban J connectivity index is 1.97. The lowest BCUT2D eigenvalue weighted by Crippen LogP contribution is -2.26. The maximum absolute atomic E-state index is 11.6. The molecule has 0 saturated heterocycles. The zero-order chi connectivity index (χ0) is 16.8. The summed E-state index contributed by atoms with van der Waals surface area (Å²) in [6.45, 7) is 0.307. The largest absolute Gasteiger partial charge is 0.457 e. The SMILES string of the molecule is CN(C)CC(=O)Nc1ccc(Oc2ccc([N+](=O)[O-])cc2)cc1. The van der Waals surface area contributed by atoms with Crippen LogP contribution >= 0.6 is 0 Å². The minimum absolute atomic E-state index is 0.0105. The highest BCUT2D eigenvalue weighted by Gasteiger charge is 2.06. The number of non-ortho nitro benzene ring substituents is 1. The number of ether oxygens (including phenoxy) is 1. The second-order valence-corrected chi connectivity index (χ2v) is 5.16. The van der Waals surface area contributed by atoms with Gasteiger partial charge in [0.2, 0.25) is 5.91 Å². The van der Waals surface area contributed by atoms with Gasteiger partial charge in [0.1, 0.15) is 11.5 Å². The number of hydrogen-bond acceptors (Lipinski definition) is 5. The van der Waals surface area contributed by atoms with Gasteiger partial charge < -0.3 is 15.0 Å². The standard InChI is InChI=1S/C16H17N3O4/c1-18(2)11-16(20)17-12-3-7-14(8-4-12)23-15-9-5-13(6-10-15)19(21)22/h3-10H,11H2,1-2H3,(H,17,20). The molecule has 0 bridgehead atoms. The molecule has 0 aliphatic carbocycles. The Morgan fingerprint density at radius 1 is 1.09 bits per heavy atom. The van der Waals surface area contributed by atoms with E-state index in [4.69, 9.17) is 4.74 Å². The number of hydrogen-bond donors (Lipinski definition) is 1. The van der Waals surface area contributed by atoms with Crippen molar-refractivity contribution < 1.29 is 14.5 Å². The van der Waals surface area contributed by atoms with E-state index in [1.165, 1.54) is 24.3 Å². The normalized spacial score (nSPS) is 10.4. The first-order valence-corrected chi connectivity index (χ1v) is 6.91. The third-order valence-corrected chi connectivity index (χ3v) is 2.88. The van der Waals surface area contributed by atoms with Gasteiger partial charge in [-0.1, -0.05) is 0 Å². The first kappa shape index (κ1) is 16.4. The number of nitrogens with one attached hydrogen (secondary N) is 1. The Morgan fingerprint density at radius 3 is 2.09 bits per heavy atom. The van der Waals surface area contributed by atoms with Crippen molar-refractivity contribution in [3.63, 3.8) is 0 Å². The average Bonchev–Trinajstić information content (AvgIpc) is 2.49. The van der Waals surface area contributed by atoms with Gasteiger partial charge in [-0.25, -0.2) is 0 Å². The summed E-state index contributed by atoms with van der Waals surface area (Å²) in [5, 5.41) is 13.4. The van der Waals surface area contributed by atoms with Crippen LogP contribution in [0.4, 0.5) is 11.4 Å². The molecule has 0 fully saturated rings. The molecule has 0 saturated carbocycles. The smallest absolute Gasteiger partial charge is 0.269 e. The number of rotatable bonds is 6. The van der Waals surface area contributed by atoms with E-state index in [0.29, 0.717) is 23.7 Å². The number of anilines is 1. The highest BCUT2D eigenvalue weighted by Crippen LogP contribution is 2.24. The molecule has 2 aromatic carbocycles. The van der Waals surface area contributed by atoms with Crippen LogP contribution < -0.4 is 10.1 Å². The van der Waals surface area contributed by atoms with Crippen LogP contribution in [0.25, 0.3) is 0 Å². The zero-order valence-corrected chi connectivity index (χ0v) is 12.9. The van der Waals surface area contributed by atoms with Crippen LogP contribution in [0, 0.1) is 10.1 Å². The molecule has 7 heteroatoms. The molecule has 0 radical (unpaired) electrons. The van der Waals surface area contributed by atoms with Gasteiger partial charge in [-0.3, -0.25) is 14.9 Å². The molecule has 1 amide bonds. The molecule has 23 heavy (non-hydrogen) atoms. The molecule has 0 heterocycles. The van der Waals surface area contributed by atoms with Crippen LogP contribution in [0.1, 0.15) is 0 Å². The molecule has 0 atom stereocenters. The van der Waals surface area contributed by atoms with Crippen molar-refractivity contribution >= 4 is 17.3 Å². The number of carbonyl (C=O) groups is 1. The van der Waals surface area contributed by atoms with Crippen molar-refractivity contribution in [1.82, 2.24) is 4.90 Å². The molecule has 0 aliphatic heterocycles. The van der Waals surface area contributed by atoms with Crippen molar-refractivity contribution in [3.05, 3.63) is 58.6 Å². The average molecular weight is 315 g/mol. The van der Waals surface area contributed by atoms with Crippen molar-refractivity contribution in [1.29, 1.82) is 0 Å². The van der Waals surface area contributed by atoms with Crippen LogP contribution in [0.15, 0.2) is 48.5 Å². The van der Waals surface area contributed by atoms with E-state index >= 15 is 0 Å². The highest BCUT2D eigenvalue weighted by molar-refractivity contribution is 5.92. The van der Waals surface area contributed by atoms with Gasteiger partial charge in [-0.05, 0) is 50.5 Å². The third kappa shape index (κ3) is 5.08. The van der Waals surface area contributed by atoms with Gasteiger partial charge in [0.05, 0.1) is 11.5 Å². The van der Waals surface area contributed by atoms with E-state index in [2.05, 4.69) is 5.32 Å². The first-order valence-electron chi connectivity index (χ1n) is 6.91. The van der Waals surface area contributed by atoms with Crippen molar-refractivity contribution in [3.8, 4) is 11.5 Å². The Kier molecular flexibility index (Phi) is 5.27. The minimum atomic E-state index is -0.463. The van der Waals surface area contributed by atoms with Gasteiger partial charge in [0, 0.05) is 17.8 Å². The molecule has 0 aromatic heterocycles. The summed E-state index contributed by atoms with van der Waals surface area (Å²) in [6.07, 6.45) is 0. The number of amides is 1. The Labute approximate surface area is 133 Å². The van der Waals surface area contributed by atoms with Crippen molar-refractivity contribution in [2.24, 2.45) is 0 Å². The second-order valence-electron chi connectivity index (χ2n) is 5.16. The molecule has 0 aliphatic rings. The maximum atomic E-state index is 11.6. The first-order chi connectivity index (χ1) is 10.9. The number of nitrogens with zero attached hydrogens (tertiary/aromatic N) is 2. The summed E-state index contributed by atoms with van der Waals surface area (Å²) in [5.74, 6) is 0.975. The van der Waals surface area contributed by atoms with Gasteiger partial charge in [-0.2, -0.15) is 0 Å². The van der Waals surface area contributed by atoms with Gasteiger partial charge in [-0.15, -0.1) is 0 Å². The van der Waals surface area contributed by atoms with Crippen LogP contribution in [-0.2, 0) is 4.79 Å². The molecule has 2 rings (SSSR count). The van der Waals surface area contributed by atoms with E-state index in [1.807, 2.05) is 14.1 Å². The van der Waals surface area contributed by atoms with E-state index in [9.17, 15) is 14.9 Å². The summed E-state index contributed by atoms with van der Waals surface area (Å²) in [7, 11) is 3.64. The molecule has 0 unspecified atom stereocenters. The summed E-state index contributed by atoms with van der Waals surface area (Å²) < 4.78 is 5.59. The fraction of sp³-hybridized carbons (Fsp3) is 0.188. The Bertz CT molecular complexity index is 681. The van der Waals surface area contributed by atoms with Gasteiger partial charge in [0.25, 0.3) is 5.69 Å². The third-order valence-electron chi connectivity index (χ3n) is 2.88. The Hall–Kier alpha value is -2.93. The molecular weight excluding hydrogens is 298 g/mol. The quantitative estimate of drug-likeness (QED) is 0.654. The summed E-state index contributed by atoms with van der Waals surface area (Å²) in [6, 6.07) is 12.7. The fourth-order valence-corrected chi connectivity index (χ4v) is 1.87. The van der Waals surface area contributed by atoms with E-state index < -0.39 is 4.92 Å². The van der Waals surface area contributed by atoms with E-state index in [1.54, 1.807) is 29.2 Å². The van der Waals surface area contributed by atoms with Crippen molar-refractivity contribution in [2.45, 2.75) is 0 Å². The number of nitro benzene ring substituents is 1. The number of nitro groups is 1. The lowest BCUT2D eigenvalue weighted by atomic mass is 10.3. The summed E-state index contributed by atoms with van der Waals surface area (Å²) >= 11 is 0. The number of likely N-dealkylation sites (N-methyl/N-ethyl adjacent to an activating group) is 1. The predicted octanol–water partition coefficient (Wildman–Crippen LogP) is 2.89. The fourth-order valence-electron chi connectivity index (χ4n) is 1.87. The van der Waals surface area contributed by atoms with Crippen LogP contribution in [0.5, 0.6) is 11.5 Å². The van der Waals surface area contributed by atoms with E-state index in [-0.39, 0.29) is 11.6 Å². The van der Waals surface area contributed by atoms with E-state index in [0.717, 1.165) is 0 Å². The zero-order valence-electron chi connectivity index (χ0n) is 12.9. The van der Waals surface area contributed by atoms with Crippen LogP contribution in [0.3, 0.4) is 0 Å². The Morgan fingerprint density at radius 2 is 1.61 bits per heavy atom. The molecule has 120 valence electrons. The van der Waals surface area contributed by atoms with Gasteiger partial charge in [0.15, 0.2) is 0 Å². The summed E-state index contributed by atoms with van der Waals surface area (Å²) in [5.41, 5.74) is 0.684. The van der Waals surface area contributed by atoms with Gasteiger partial charge >= 0.3 is 0 Å². The number of carbonyl (C=O) groups excluding carboxylic acids is 1. The predicted molar refractivity (Wildman–Crippen MR) is 86.8 cm³/mol. The topological polar surface area (TPSA) is 84.7 Å². The molecule has 0 spiro atoms.